The zero-order chi connectivity index (χ0) is 19.2. The Hall–Kier alpha value is 0.0364. The van der Waals surface area contributed by atoms with Gasteiger partial charge in [0, 0.05) is 19.6 Å². The van der Waals surface area contributed by atoms with Gasteiger partial charge in [-0.05, 0) is 72.4 Å². The number of hydrogen-bond acceptors (Lipinski definition) is 4. The van der Waals surface area contributed by atoms with E-state index in [1.165, 1.54) is 22.3 Å². The summed E-state index contributed by atoms with van der Waals surface area (Å²) in [4.78, 5) is 14.6. The molecule has 1 aromatic rings. The van der Waals surface area contributed by atoms with E-state index in [-0.39, 0.29) is 51.4 Å². The van der Waals surface area contributed by atoms with Crippen LogP contribution in [0.5, 0.6) is 0 Å². The van der Waals surface area contributed by atoms with Crippen molar-refractivity contribution in [1.82, 2.24) is 4.90 Å². The second-order valence-electron chi connectivity index (χ2n) is 8.50. The Kier molecular flexibility index (Phi) is 7.33. The van der Waals surface area contributed by atoms with Crippen molar-refractivity contribution in [2.24, 2.45) is 5.92 Å². The van der Waals surface area contributed by atoms with Gasteiger partial charge in [-0.3, -0.25) is 4.79 Å². The third-order valence-electron chi connectivity index (χ3n) is 5.88. The first kappa shape index (κ1) is 22.7. The molecule has 0 spiro atoms. The molecule has 0 radical (unpaired) electrons. The van der Waals surface area contributed by atoms with Crippen LogP contribution >= 0.6 is 0 Å². The molecule has 1 saturated heterocycles. The van der Waals surface area contributed by atoms with Crippen LogP contribution in [-0.2, 0) is 35.7 Å². The summed E-state index contributed by atoms with van der Waals surface area (Å²) < 4.78 is 28.5. The van der Waals surface area contributed by atoms with Crippen LogP contribution in [-0.4, -0.2) is 44.2 Å². The number of likely N-dealkylation sites (tertiary alicyclic amines) is 1. The van der Waals surface area contributed by atoms with Gasteiger partial charge in [-0.25, -0.2) is 8.42 Å². The zero-order valence-electron chi connectivity index (χ0n) is 17.1. The van der Waals surface area contributed by atoms with E-state index in [0.29, 0.717) is 19.0 Å². The maximum atomic E-state index is 12.5. The van der Waals surface area contributed by atoms with Gasteiger partial charge in [-0.2, -0.15) is 0 Å². The van der Waals surface area contributed by atoms with Crippen LogP contribution in [0, 0.1) is 5.92 Å². The fourth-order valence-electron chi connectivity index (χ4n) is 4.66. The summed E-state index contributed by atoms with van der Waals surface area (Å²) in [7, 11) is -3.77. The van der Waals surface area contributed by atoms with E-state index in [1.54, 1.807) is 0 Å². The van der Waals surface area contributed by atoms with Gasteiger partial charge in [-0.1, -0.05) is 19.9 Å². The number of benzene rings is 1. The maximum absolute atomic E-state index is 12.5. The van der Waals surface area contributed by atoms with E-state index in [9.17, 15) is 13.2 Å². The van der Waals surface area contributed by atoms with Gasteiger partial charge in [0.05, 0.1) is 5.25 Å². The minimum absolute atomic E-state index is 0. The van der Waals surface area contributed by atoms with Gasteiger partial charge < -0.3 is 14.9 Å². The van der Waals surface area contributed by atoms with Crippen LogP contribution in [0.25, 0.3) is 4.72 Å². The average Bonchev–Trinajstić information content (AvgIpc) is 3.17. The molecule has 1 fully saturated rings. The Morgan fingerprint density at radius 2 is 1.71 bits per heavy atom. The molecule has 3 aliphatic rings. The summed E-state index contributed by atoms with van der Waals surface area (Å²) in [5.41, 5.74) is 5.82. The predicted octanol–water partition coefficient (Wildman–Crippen LogP) is 0.244. The molecule has 2 aliphatic carbocycles. The number of aryl methyl sites for hydroxylation is 2. The van der Waals surface area contributed by atoms with Crippen molar-refractivity contribution in [2.45, 2.75) is 57.6 Å². The van der Waals surface area contributed by atoms with E-state index in [1.807, 2.05) is 0 Å². The molecule has 6 nitrogen and oxygen atoms in total. The molecule has 0 saturated carbocycles. The van der Waals surface area contributed by atoms with Crippen molar-refractivity contribution in [1.29, 1.82) is 0 Å². The Bertz CT molecular complexity index is 832. The maximum Gasteiger partial charge on any atom is 1.00 e. The molecule has 0 aromatic heterocycles. The number of nitrogens with one attached hydrogen (secondary N) is 1. The smallest absolute Gasteiger partial charge is 0.423 e. The second kappa shape index (κ2) is 9.04. The summed E-state index contributed by atoms with van der Waals surface area (Å²) in [6, 6.07) is 1.54. The number of nitrogens with zero attached hydrogens (tertiary/aromatic N) is 2. The van der Waals surface area contributed by atoms with Crippen LogP contribution < -0.4 is 56.7 Å². The van der Waals surface area contributed by atoms with Crippen molar-refractivity contribution < 1.29 is 64.6 Å². The number of rotatable bonds is 5. The molecule has 4 rings (SSSR count). The minimum atomic E-state index is -3.77. The van der Waals surface area contributed by atoms with E-state index in [0.717, 1.165) is 50.8 Å². The first-order valence-electron chi connectivity index (χ1n) is 10.00. The average molecular weight is 430 g/mol. The largest absolute Gasteiger partial charge is 1.00 e. The topological polar surface area (TPSA) is 80.6 Å². The molecule has 28 heavy (non-hydrogen) atoms. The summed E-state index contributed by atoms with van der Waals surface area (Å²) in [6.07, 6.45) is 6.13. The Labute approximate surface area is 210 Å². The fourth-order valence-corrected chi connectivity index (χ4v) is 5.89. The molecule has 8 heteroatoms. The third kappa shape index (κ3) is 4.68. The van der Waals surface area contributed by atoms with Crippen molar-refractivity contribution in [2.75, 3.05) is 25.0 Å². The molecule has 148 valence electrons. The van der Waals surface area contributed by atoms with E-state index < -0.39 is 21.3 Å². The minimum Gasteiger partial charge on any atom is -0.423 e. The van der Waals surface area contributed by atoms with Crippen LogP contribution in [0.15, 0.2) is 6.07 Å². The van der Waals surface area contributed by atoms with Gasteiger partial charge in [-0.15, -0.1) is 0 Å². The number of fused-ring (bicyclic) bond motifs is 2. The van der Waals surface area contributed by atoms with E-state index >= 15 is 0 Å². The second-order valence-corrected chi connectivity index (χ2v) is 10.4. The summed E-state index contributed by atoms with van der Waals surface area (Å²) in [6.45, 7) is 6.02. The quantitative estimate of drug-likeness (QED) is 0.680. The van der Waals surface area contributed by atoms with E-state index in [4.69, 9.17) is 0 Å². The fraction of sp³-hybridized carbons (Fsp3) is 0.650. The van der Waals surface area contributed by atoms with Gasteiger partial charge >= 0.3 is 51.4 Å². The normalized spacial score (nSPS) is 19.0. The monoisotopic (exact) mass is 429 g/mol. The number of amides is 2. The molecule has 1 aromatic carbocycles. The number of anilines is 1. The molecular weight excluding hydrogens is 401 g/mol. The van der Waals surface area contributed by atoms with Gasteiger partial charge in [0.2, 0.25) is 0 Å². The van der Waals surface area contributed by atoms with E-state index in [2.05, 4.69) is 34.9 Å². The number of hydrogen-bond donors (Lipinski definition) is 1. The van der Waals surface area contributed by atoms with Crippen molar-refractivity contribution in [3.8, 4) is 0 Å². The number of carbonyl (C=O) groups excluding carboxylic acids is 1. The van der Waals surface area contributed by atoms with Crippen LogP contribution in [0.2, 0.25) is 0 Å². The molecule has 1 N–H and O–H groups in total. The summed E-state index contributed by atoms with van der Waals surface area (Å²) in [5, 5.41) is 2.29. The van der Waals surface area contributed by atoms with Crippen molar-refractivity contribution in [3.63, 3.8) is 0 Å². The standard InChI is InChI=1S/C20H29N3O3S.K/c1-13(2)10-23-11-16(12-23)27(25,26)22-20(24)21-19-17-7-3-5-14(17)9-15-6-4-8-18(15)19;/h9,13,16H,3-8,10-12H2,1-2H3,(H2,21,22,24);/q;+1/p-1. The third-order valence-corrected chi connectivity index (χ3v) is 7.44. The molecule has 1 aliphatic heterocycles. The van der Waals surface area contributed by atoms with Gasteiger partial charge in [0.15, 0.2) is 16.1 Å². The van der Waals surface area contributed by atoms with Crippen LogP contribution in [0.3, 0.4) is 0 Å². The molecule has 0 atom stereocenters. The molecular formula is C20H28KN3O3S. The number of urea groups is 1. The van der Waals surface area contributed by atoms with Crippen LogP contribution in [0.4, 0.5) is 10.5 Å². The van der Waals surface area contributed by atoms with Crippen molar-refractivity contribution >= 4 is 21.7 Å². The summed E-state index contributed by atoms with van der Waals surface area (Å²) >= 11 is 0. The SMILES string of the molecule is CC(C)CN1CC(S(=O)(=O)[N-]C(=O)Nc2c3c(cc4c2CCC4)CCC3)C1.[K+]. The Balaban J connectivity index is 0.00000225. The van der Waals surface area contributed by atoms with Crippen LogP contribution in [0.1, 0.15) is 48.9 Å². The molecule has 0 unspecified atom stereocenters. The molecule has 2 amide bonds. The Morgan fingerprint density at radius 1 is 1.14 bits per heavy atom. The summed E-state index contributed by atoms with van der Waals surface area (Å²) in [5.74, 6) is 0.496. The van der Waals surface area contributed by atoms with Crippen molar-refractivity contribution in [3.05, 3.63) is 33.0 Å². The number of carbonyl (C=O) groups is 1. The predicted molar refractivity (Wildman–Crippen MR) is 107 cm³/mol. The molecule has 1 heterocycles. The molecule has 0 bridgehead atoms. The number of sulfonamides is 1. The first-order chi connectivity index (χ1) is 12.8. The van der Waals surface area contributed by atoms with Gasteiger partial charge in [0.1, 0.15) is 0 Å². The zero-order valence-corrected chi connectivity index (χ0v) is 21.1. The first-order valence-corrected chi connectivity index (χ1v) is 11.5. The Morgan fingerprint density at radius 3 is 2.25 bits per heavy atom. The van der Waals surface area contributed by atoms with Gasteiger partial charge in [0.25, 0.3) is 0 Å².